The Morgan fingerprint density at radius 1 is 0.300 bits per heavy atom. The number of ether oxygens (including phenoxy) is 4. The number of anilines is 8. The molecule has 4 heterocycles. The number of alkyl halides is 9. The van der Waals surface area contributed by atoms with Gasteiger partial charge in [-0.25, -0.2) is 47.9 Å². The number of hydrogen-bond acceptors (Lipinski definition) is 18. The first kappa shape index (κ1) is 91.7. The topological polar surface area (TPSA) is 357 Å². The minimum Gasteiger partial charge on any atom is -0.457 e. The number of carbonyl (C=O) groups is 4. The Kier molecular flexibility index (Phi) is 28.9. The third kappa shape index (κ3) is 25.9. The Balaban J connectivity index is 0.000000148. The second kappa shape index (κ2) is 41.0. The number of aryl methyl sites for hydroxylation is 2. The Hall–Kier alpha value is -16.0. The van der Waals surface area contributed by atoms with Gasteiger partial charge in [-0.15, -0.1) is 0 Å². The Morgan fingerprint density at radius 2 is 0.592 bits per heavy atom. The summed E-state index contributed by atoms with van der Waals surface area (Å²) in [5, 5.41) is 19.3. The number of nitrogens with zero attached hydrogens (tertiary/aromatic N) is 8. The third-order valence-electron chi connectivity index (χ3n) is 17.9. The molecule has 0 aliphatic rings. The molecule has 0 saturated carbocycles. The number of halogens is 13. The van der Waals surface area contributed by atoms with Gasteiger partial charge < -0.3 is 72.9 Å². The summed E-state index contributed by atoms with van der Waals surface area (Å²) in [6, 6.07) is 58.5. The number of rotatable bonds is 18. The lowest BCUT2D eigenvalue weighted by Crippen LogP contribution is -2.20. The molecule has 0 aliphatic carbocycles. The van der Waals surface area contributed by atoms with Gasteiger partial charge in [0.2, 0.25) is 0 Å². The molecule has 16 rings (SSSR count). The normalized spacial score (nSPS) is 11.1. The molecule has 0 radical (unpaired) electrons. The van der Waals surface area contributed by atoms with E-state index in [1.165, 1.54) is 30.3 Å². The monoisotopic (exact) mass is 1820 g/mol. The number of hydrogen-bond donors (Lipinski definition) is 10. The predicted molar refractivity (Wildman–Crippen MR) is 471 cm³/mol. The van der Waals surface area contributed by atoms with Gasteiger partial charge in [0, 0.05) is 95.2 Å². The number of nitrogens with two attached hydrogens (primary N) is 2. The standard InChI is InChI=1S/C23H17ClF3N5O2.C23H16F4N4O2.C23H17F3N4O2.C22H17ClFN5O2/c24-19-7-3-14(9-18(19)23(25,26)27)32-22(33)31-13-1-4-16(5-2-13)34-17-6-8-20-21(10-17)30-15(11-28)12-29-20;1-13-12-28-20-9-7-17(11-21(20)29-13)33-16-5-2-14(3-6-16)30-22(32)31-15-4-8-19(24)18(10-15)23(25,26)27;1-14-13-27-20-10-9-19(12-21(20)28-14)32-18-7-5-16(6-8-18)29-22(31)30-17-4-2-3-15(11-17)23(24,25)26;23-18-7-3-14(9-19(18)24)29-22(30)28-13-1-4-16(5-2-13)31-17-6-8-20-21(10-17)27-15(11-25)12-26-20/h1-10,12H,11,28H2,(H2,31,32,33);2-12H,1H3,(H2,30,31,32);2-13H,1H3,(H2,29,30,31);1-10,12H,11,25H2,(H2,28,29,30). The van der Waals surface area contributed by atoms with Crippen LogP contribution in [-0.2, 0) is 31.6 Å². The van der Waals surface area contributed by atoms with Crippen molar-refractivity contribution in [2.75, 3.05) is 42.5 Å². The smallest absolute Gasteiger partial charge is 0.419 e. The SMILES string of the molecule is Cc1cnc2ccc(Oc3ccc(NC(=O)Nc4ccc(F)c(C(F)(F)F)c4)cc3)cc2n1.Cc1cnc2ccc(Oc3ccc(NC(=O)Nc4cccc(C(F)(F)F)c4)cc3)cc2n1.NCc1cnc2ccc(Oc3ccc(NC(=O)Nc4ccc(Cl)c(C(F)(F)F)c4)cc3)cc2n1.NCc1cnc2ccc(Oc3ccc(NC(=O)Nc4ccc(Cl)c(F)c4)cc3)cc2n1. The van der Waals surface area contributed by atoms with Gasteiger partial charge in [-0.2, -0.15) is 39.5 Å². The van der Waals surface area contributed by atoms with Crippen LogP contribution in [0.15, 0.2) is 274 Å². The van der Waals surface area contributed by atoms with E-state index < -0.39 is 76.0 Å². The summed E-state index contributed by atoms with van der Waals surface area (Å²) in [6.07, 6.45) is -7.36. The van der Waals surface area contributed by atoms with Crippen molar-refractivity contribution in [1.82, 2.24) is 39.9 Å². The number of amides is 8. The molecule has 0 atom stereocenters. The van der Waals surface area contributed by atoms with Gasteiger partial charge in [-0.3, -0.25) is 19.9 Å². The predicted octanol–water partition coefficient (Wildman–Crippen LogP) is 24.4. The maximum absolute atomic E-state index is 13.5. The van der Waals surface area contributed by atoms with Crippen molar-refractivity contribution in [1.29, 1.82) is 0 Å². The Morgan fingerprint density at radius 3 is 0.931 bits per heavy atom. The van der Waals surface area contributed by atoms with Crippen molar-refractivity contribution in [2.24, 2.45) is 11.5 Å². The molecule has 26 nitrogen and oxygen atoms in total. The van der Waals surface area contributed by atoms with Crippen LogP contribution in [0.3, 0.4) is 0 Å². The first-order valence-electron chi connectivity index (χ1n) is 38.3. The van der Waals surface area contributed by atoms with E-state index in [2.05, 4.69) is 82.4 Å². The molecule has 130 heavy (non-hydrogen) atoms. The summed E-state index contributed by atoms with van der Waals surface area (Å²) >= 11 is 11.2. The highest BCUT2D eigenvalue weighted by Crippen LogP contribution is 2.39. The molecule has 0 saturated heterocycles. The van der Waals surface area contributed by atoms with Crippen LogP contribution in [0, 0.1) is 25.5 Å². The van der Waals surface area contributed by atoms with Crippen molar-refractivity contribution in [3.63, 3.8) is 0 Å². The fourth-order valence-electron chi connectivity index (χ4n) is 11.8. The Labute approximate surface area is 739 Å². The zero-order chi connectivity index (χ0) is 92.4. The molecular weight excluding hydrogens is 1750 g/mol. The van der Waals surface area contributed by atoms with Crippen LogP contribution >= 0.6 is 23.2 Å². The van der Waals surface area contributed by atoms with Crippen LogP contribution in [0.4, 0.5) is 113 Å². The van der Waals surface area contributed by atoms with Crippen molar-refractivity contribution in [2.45, 2.75) is 45.5 Å². The zero-order valence-electron chi connectivity index (χ0n) is 67.3. The molecule has 4 aromatic heterocycles. The summed E-state index contributed by atoms with van der Waals surface area (Å²) in [5.74, 6) is 2.35. The van der Waals surface area contributed by atoms with E-state index in [4.69, 9.17) is 53.6 Å². The minimum atomic E-state index is -4.87. The molecule has 0 unspecified atom stereocenters. The van der Waals surface area contributed by atoms with Crippen molar-refractivity contribution < 1.29 is 86.4 Å². The third-order valence-corrected chi connectivity index (χ3v) is 18.5. The molecule has 39 heteroatoms. The number of benzene rings is 12. The van der Waals surface area contributed by atoms with Gasteiger partial charge in [0.25, 0.3) is 0 Å². The van der Waals surface area contributed by atoms with E-state index in [0.717, 1.165) is 64.3 Å². The number of nitrogens with one attached hydrogen (secondary N) is 8. The lowest BCUT2D eigenvalue weighted by molar-refractivity contribution is -0.140. The van der Waals surface area contributed by atoms with Crippen molar-refractivity contribution in [3.8, 4) is 46.0 Å². The minimum absolute atomic E-state index is 0.0141. The van der Waals surface area contributed by atoms with Gasteiger partial charge in [-0.05, 0) is 232 Å². The highest BCUT2D eigenvalue weighted by molar-refractivity contribution is 6.31. The maximum atomic E-state index is 13.5. The molecule has 0 aliphatic heterocycles. The number of aromatic nitrogens is 8. The summed E-state index contributed by atoms with van der Waals surface area (Å²) in [7, 11) is 0. The van der Waals surface area contributed by atoms with Gasteiger partial charge in [0.15, 0.2) is 0 Å². The molecule has 660 valence electrons. The highest BCUT2D eigenvalue weighted by atomic mass is 35.5. The Bertz CT molecular complexity index is 6820. The van der Waals surface area contributed by atoms with E-state index in [9.17, 15) is 67.5 Å². The van der Waals surface area contributed by atoms with E-state index in [1.807, 2.05) is 26.0 Å². The second-order valence-corrected chi connectivity index (χ2v) is 28.5. The quantitative estimate of drug-likeness (QED) is 0.0357. The zero-order valence-corrected chi connectivity index (χ0v) is 68.8. The van der Waals surface area contributed by atoms with Crippen LogP contribution in [0.2, 0.25) is 10.0 Å². The average Bonchev–Trinajstić information content (AvgIpc) is 0.837. The summed E-state index contributed by atoms with van der Waals surface area (Å²) in [5.41, 5.74) is 18.3. The lowest BCUT2D eigenvalue weighted by Gasteiger charge is -2.12. The molecule has 16 aromatic rings. The number of carbonyl (C=O) groups excluding carboxylic acids is 4. The van der Waals surface area contributed by atoms with Crippen LogP contribution in [0.1, 0.15) is 39.5 Å². The largest absolute Gasteiger partial charge is 0.457 e. The molecule has 0 bridgehead atoms. The van der Waals surface area contributed by atoms with E-state index in [0.29, 0.717) is 126 Å². The molecule has 8 amide bonds. The van der Waals surface area contributed by atoms with Crippen LogP contribution in [0.5, 0.6) is 46.0 Å². The molecular formula is C91H67Cl2F11N18O8. The summed E-state index contributed by atoms with van der Waals surface area (Å²) < 4.78 is 166. The maximum Gasteiger partial charge on any atom is 0.419 e. The van der Waals surface area contributed by atoms with Gasteiger partial charge >= 0.3 is 42.7 Å². The van der Waals surface area contributed by atoms with E-state index in [-0.39, 0.29) is 34.3 Å². The molecule has 0 fully saturated rings. The average molecular weight is 1820 g/mol. The lowest BCUT2D eigenvalue weighted by atomic mass is 10.2. The highest BCUT2D eigenvalue weighted by Gasteiger charge is 2.36. The molecule has 12 N–H and O–H groups in total. The first-order chi connectivity index (χ1) is 62.1. The molecule has 0 spiro atoms. The fraction of sp³-hybridized carbons (Fsp3) is 0.0769. The second-order valence-electron chi connectivity index (χ2n) is 27.7. The van der Waals surface area contributed by atoms with Gasteiger partial charge in [0.1, 0.15) is 57.6 Å². The summed E-state index contributed by atoms with van der Waals surface area (Å²) in [6.45, 7) is 4.28. The summed E-state index contributed by atoms with van der Waals surface area (Å²) in [4.78, 5) is 83.4. The number of urea groups is 4. The van der Waals surface area contributed by atoms with E-state index in [1.54, 1.807) is 183 Å². The van der Waals surface area contributed by atoms with Crippen molar-refractivity contribution >= 4 is 137 Å². The van der Waals surface area contributed by atoms with Crippen LogP contribution in [0.25, 0.3) is 44.1 Å². The number of fused-ring (bicyclic) bond motifs is 4. The van der Waals surface area contributed by atoms with Gasteiger partial charge in [-0.1, -0.05) is 29.3 Å². The fourth-order valence-corrected chi connectivity index (χ4v) is 12.2. The van der Waals surface area contributed by atoms with E-state index >= 15 is 0 Å². The molecule has 12 aromatic carbocycles. The van der Waals surface area contributed by atoms with Crippen LogP contribution < -0.4 is 72.9 Å². The van der Waals surface area contributed by atoms with Crippen molar-refractivity contribution in [3.05, 3.63) is 335 Å². The van der Waals surface area contributed by atoms with Crippen LogP contribution in [-0.4, -0.2) is 64.0 Å². The van der Waals surface area contributed by atoms with Gasteiger partial charge in [0.05, 0.1) is 106 Å². The first-order valence-corrected chi connectivity index (χ1v) is 39.1.